The lowest BCUT2D eigenvalue weighted by Gasteiger charge is -2.20. The Morgan fingerprint density at radius 2 is 1.41 bits per heavy atom. The van der Waals surface area contributed by atoms with Gasteiger partial charge in [0.15, 0.2) is 0 Å². The van der Waals surface area contributed by atoms with Gasteiger partial charge in [0.1, 0.15) is 11.5 Å². The maximum Gasteiger partial charge on any atom is 0.235 e. The fourth-order valence-electron chi connectivity index (χ4n) is 6.10. The molecule has 0 atom stereocenters. The summed E-state index contributed by atoms with van der Waals surface area (Å²) in [5, 5.41) is 4.48. The van der Waals surface area contributed by atoms with Gasteiger partial charge in [0.2, 0.25) is 5.95 Å². The van der Waals surface area contributed by atoms with E-state index < -0.39 is 0 Å². The van der Waals surface area contributed by atoms with Crippen LogP contribution in [0.25, 0.3) is 66.5 Å². The summed E-state index contributed by atoms with van der Waals surface area (Å²) in [4.78, 5) is 10.2. The van der Waals surface area contributed by atoms with Gasteiger partial charge in [0, 0.05) is 33.6 Å². The van der Waals surface area contributed by atoms with Gasteiger partial charge < -0.3 is 9.30 Å². The zero-order valence-corrected chi connectivity index (χ0v) is 20.7. The van der Waals surface area contributed by atoms with Crippen LogP contribution in [0.4, 0.5) is 0 Å². The second-order valence-electron chi connectivity index (χ2n) is 9.89. The number of ether oxygens (including phenoxy) is 1. The van der Waals surface area contributed by atoms with E-state index >= 15 is 0 Å². The van der Waals surface area contributed by atoms with Crippen molar-refractivity contribution in [2.45, 2.75) is 0 Å². The van der Waals surface area contributed by atoms with Crippen molar-refractivity contribution in [1.82, 2.24) is 19.1 Å². The van der Waals surface area contributed by atoms with Crippen molar-refractivity contribution in [3.8, 4) is 34.4 Å². The molecule has 0 amide bonds. The number of hydrogen-bond donors (Lipinski definition) is 0. The first-order valence-corrected chi connectivity index (χ1v) is 13.0. The molecule has 39 heavy (non-hydrogen) atoms. The van der Waals surface area contributed by atoms with E-state index in [4.69, 9.17) is 14.7 Å². The molecular weight excluding hydrogens is 480 g/mol. The molecule has 182 valence electrons. The number of rotatable bonds is 2. The molecule has 0 bridgehead atoms. The van der Waals surface area contributed by atoms with Gasteiger partial charge in [-0.3, -0.25) is 4.57 Å². The van der Waals surface area contributed by atoms with Gasteiger partial charge in [-0.05, 0) is 54.6 Å². The monoisotopic (exact) mass is 500 g/mol. The normalized spacial score (nSPS) is 12.3. The second kappa shape index (κ2) is 7.55. The quantitative estimate of drug-likeness (QED) is 0.239. The number of nitrogens with zero attached hydrogens (tertiary/aromatic N) is 4. The molecule has 0 aliphatic carbocycles. The first kappa shape index (κ1) is 20.6. The summed E-state index contributed by atoms with van der Waals surface area (Å²) in [5.74, 6) is 2.25. The highest BCUT2D eigenvalue weighted by Crippen LogP contribution is 2.45. The average Bonchev–Trinajstić information content (AvgIpc) is 3.57. The van der Waals surface area contributed by atoms with Gasteiger partial charge in [-0.2, -0.15) is 0 Å². The molecule has 3 aromatic heterocycles. The standard InChI is InChI=1S/C34H20N4O/c1-2-9-22(10-3-1)38-26-14-6-4-11-23(26)30-27(38)18-17-21-19-20-37(33(21)30)34-35-25-13-8-16-29-31(25)32(36-34)24-12-5-7-15-28(24)39-29/h1-20H. The van der Waals surface area contributed by atoms with Crippen molar-refractivity contribution in [3.05, 3.63) is 121 Å². The van der Waals surface area contributed by atoms with Gasteiger partial charge in [-0.15, -0.1) is 0 Å². The Morgan fingerprint density at radius 1 is 0.590 bits per heavy atom. The maximum atomic E-state index is 6.21. The zero-order chi connectivity index (χ0) is 25.5. The van der Waals surface area contributed by atoms with E-state index in [1.165, 1.54) is 16.3 Å². The SMILES string of the molecule is c1ccc(-n2c3ccccc3c3c4c(ccc32)ccn4-c2nc3c4c(cccc4n2)Oc2ccccc2-3)cc1. The molecule has 4 heterocycles. The molecule has 0 N–H and O–H groups in total. The molecule has 9 rings (SSSR count). The van der Waals surface area contributed by atoms with Crippen LogP contribution in [0.15, 0.2) is 121 Å². The van der Waals surface area contributed by atoms with E-state index in [1.807, 2.05) is 36.4 Å². The molecule has 1 aliphatic rings. The molecule has 1 aliphatic heterocycles. The third-order valence-electron chi connectivity index (χ3n) is 7.75. The first-order chi connectivity index (χ1) is 19.3. The lowest BCUT2D eigenvalue weighted by Crippen LogP contribution is -2.06. The van der Waals surface area contributed by atoms with Crippen LogP contribution < -0.4 is 4.74 Å². The zero-order valence-electron chi connectivity index (χ0n) is 20.7. The Hall–Kier alpha value is -5.42. The highest BCUT2D eigenvalue weighted by Gasteiger charge is 2.24. The maximum absolute atomic E-state index is 6.21. The minimum atomic E-state index is 0.644. The number of hydrogen-bond acceptors (Lipinski definition) is 3. The summed E-state index contributed by atoms with van der Waals surface area (Å²) in [6.07, 6.45) is 2.09. The molecule has 0 saturated carbocycles. The van der Waals surface area contributed by atoms with Crippen molar-refractivity contribution < 1.29 is 4.74 Å². The highest BCUT2D eigenvalue weighted by molar-refractivity contribution is 6.20. The lowest BCUT2D eigenvalue weighted by atomic mass is 10.0. The van der Waals surface area contributed by atoms with Crippen molar-refractivity contribution in [2.24, 2.45) is 0 Å². The van der Waals surface area contributed by atoms with Crippen molar-refractivity contribution in [2.75, 3.05) is 0 Å². The van der Waals surface area contributed by atoms with Crippen LogP contribution in [0, 0.1) is 0 Å². The molecule has 0 unspecified atom stereocenters. The Bertz CT molecular complexity index is 2260. The largest absolute Gasteiger partial charge is 0.456 e. The summed E-state index contributed by atoms with van der Waals surface area (Å²) in [6.45, 7) is 0. The Balaban J connectivity index is 1.40. The van der Waals surface area contributed by atoms with E-state index in [9.17, 15) is 0 Å². The number of fused-ring (bicyclic) bond motifs is 7. The summed E-state index contributed by atoms with van der Waals surface area (Å²) < 4.78 is 10.7. The van der Waals surface area contributed by atoms with Crippen molar-refractivity contribution in [1.29, 1.82) is 0 Å². The molecule has 0 saturated heterocycles. The minimum absolute atomic E-state index is 0.644. The summed E-state index contributed by atoms with van der Waals surface area (Å²) >= 11 is 0. The van der Waals surface area contributed by atoms with E-state index in [0.29, 0.717) is 5.95 Å². The van der Waals surface area contributed by atoms with Crippen LogP contribution in [0.1, 0.15) is 0 Å². The minimum Gasteiger partial charge on any atom is -0.456 e. The molecule has 5 aromatic carbocycles. The first-order valence-electron chi connectivity index (χ1n) is 13.0. The Kier molecular flexibility index (Phi) is 3.99. The summed E-state index contributed by atoms with van der Waals surface area (Å²) in [7, 11) is 0. The van der Waals surface area contributed by atoms with Crippen LogP contribution >= 0.6 is 0 Å². The van der Waals surface area contributed by atoms with Gasteiger partial charge in [-0.1, -0.05) is 60.7 Å². The van der Waals surface area contributed by atoms with Crippen molar-refractivity contribution in [3.63, 3.8) is 0 Å². The van der Waals surface area contributed by atoms with Crippen molar-refractivity contribution >= 4 is 43.6 Å². The molecule has 8 aromatic rings. The fraction of sp³-hybridized carbons (Fsp3) is 0. The molecule has 5 heteroatoms. The Labute approximate surface area is 223 Å². The average molecular weight is 501 g/mol. The molecule has 5 nitrogen and oxygen atoms in total. The van der Waals surface area contributed by atoms with E-state index in [-0.39, 0.29) is 0 Å². The van der Waals surface area contributed by atoms with Crippen LogP contribution in [-0.4, -0.2) is 19.1 Å². The van der Waals surface area contributed by atoms with E-state index in [2.05, 4.69) is 94.2 Å². The van der Waals surface area contributed by atoms with Gasteiger partial charge in [0.25, 0.3) is 0 Å². The molecule has 0 radical (unpaired) electrons. The van der Waals surface area contributed by atoms with Crippen LogP contribution in [0.5, 0.6) is 11.5 Å². The molecule has 0 fully saturated rings. The Morgan fingerprint density at radius 3 is 2.36 bits per heavy atom. The van der Waals surface area contributed by atoms with Crippen LogP contribution in [0.2, 0.25) is 0 Å². The fourth-order valence-corrected chi connectivity index (χ4v) is 6.10. The predicted molar refractivity (Wildman–Crippen MR) is 156 cm³/mol. The molecular formula is C34H20N4O. The van der Waals surface area contributed by atoms with Gasteiger partial charge in [0.05, 0.1) is 33.1 Å². The lowest BCUT2D eigenvalue weighted by molar-refractivity contribution is 0.486. The predicted octanol–water partition coefficient (Wildman–Crippen LogP) is 8.44. The smallest absolute Gasteiger partial charge is 0.235 e. The summed E-state index contributed by atoms with van der Waals surface area (Å²) in [6, 6.07) is 39.8. The third kappa shape index (κ3) is 2.79. The van der Waals surface area contributed by atoms with Gasteiger partial charge in [-0.25, -0.2) is 9.97 Å². The highest BCUT2D eigenvalue weighted by atomic mass is 16.5. The number of benzene rings is 5. The van der Waals surface area contributed by atoms with Crippen LogP contribution in [-0.2, 0) is 0 Å². The van der Waals surface area contributed by atoms with Gasteiger partial charge >= 0.3 is 0 Å². The van der Waals surface area contributed by atoms with Crippen LogP contribution in [0.3, 0.4) is 0 Å². The topological polar surface area (TPSA) is 44.9 Å². The third-order valence-corrected chi connectivity index (χ3v) is 7.75. The van der Waals surface area contributed by atoms with E-state index in [0.717, 1.165) is 55.8 Å². The number of aromatic nitrogens is 4. The molecule has 0 spiro atoms. The summed E-state index contributed by atoms with van der Waals surface area (Å²) in [5.41, 5.74) is 7.29. The second-order valence-corrected chi connectivity index (χ2v) is 9.89. The number of para-hydroxylation sites is 3. The van der Waals surface area contributed by atoms with E-state index in [1.54, 1.807) is 0 Å².